The first kappa shape index (κ1) is 14.3. The lowest BCUT2D eigenvalue weighted by Crippen LogP contribution is -2.36. The second-order valence-electron chi connectivity index (χ2n) is 5.98. The Labute approximate surface area is 117 Å². The van der Waals surface area contributed by atoms with Crippen LogP contribution in [0.5, 0.6) is 5.88 Å². The van der Waals surface area contributed by atoms with Crippen molar-refractivity contribution in [3.8, 4) is 5.88 Å². The summed E-state index contributed by atoms with van der Waals surface area (Å²) in [6, 6.07) is 2.59. The van der Waals surface area contributed by atoms with E-state index in [9.17, 15) is 0 Å². The third-order valence-corrected chi connectivity index (χ3v) is 3.91. The monoisotopic (exact) mass is 262 g/mol. The first-order valence-electron chi connectivity index (χ1n) is 7.36. The van der Waals surface area contributed by atoms with Gasteiger partial charge in [0.1, 0.15) is 0 Å². The molecule has 1 atom stereocenters. The van der Waals surface area contributed by atoms with Gasteiger partial charge in [-0.15, -0.1) is 0 Å². The maximum absolute atomic E-state index is 5.20. The molecular weight excluding hydrogens is 236 g/mol. The molecule has 0 unspecified atom stereocenters. The second kappa shape index (κ2) is 6.38. The minimum atomic E-state index is 0.537. The minimum absolute atomic E-state index is 0.537. The van der Waals surface area contributed by atoms with Crippen molar-refractivity contribution < 1.29 is 4.74 Å². The number of ether oxygens (including phenoxy) is 1. The Morgan fingerprint density at radius 1 is 1.42 bits per heavy atom. The largest absolute Gasteiger partial charge is 0.481 e. The number of hydrogen-bond acceptors (Lipinski definition) is 3. The van der Waals surface area contributed by atoms with Crippen LogP contribution in [-0.2, 0) is 0 Å². The van der Waals surface area contributed by atoms with Gasteiger partial charge in [0, 0.05) is 24.8 Å². The average molecular weight is 262 g/mol. The maximum atomic E-state index is 5.20. The van der Waals surface area contributed by atoms with Crippen LogP contribution in [0.4, 0.5) is 0 Å². The summed E-state index contributed by atoms with van der Waals surface area (Å²) in [4.78, 5) is 7.03. The molecule has 1 aliphatic rings. The molecule has 2 rings (SSSR count). The van der Waals surface area contributed by atoms with Gasteiger partial charge in [-0.1, -0.05) is 20.3 Å². The van der Waals surface area contributed by atoms with Gasteiger partial charge < -0.3 is 4.74 Å². The predicted octanol–water partition coefficient (Wildman–Crippen LogP) is 3.58. The van der Waals surface area contributed by atoms with Gasteiger partial charge in [0.05, 0.1) is 7.11 Å². The van der Waals surface area contributed by atoms with Gasteiger partial charge in [0.15, 0.2) is 0 Å². The highest BCUT2D eigenvalue weighted by molar-refractivity contribution is 5.31. The third kappa shape index (κ3) is 3.47. The molecule has 3 nitrogen and oxygen atoms in total. The lowest BCUT2D eigenvalue weighted by Gasteiger charge is -2.37. The van der Waals surface area contributed by atoms with Gasteiger partial charge in [0.25, 0.3) is 0 Å². The summed E-state index contributed by atoms with van der Waals surface area (Å²) < 4.78 is 5.20. The number of rotatable bonds is 4. The first-order valence-corrected chi connectivity index (χ1v) is 7.36. The van der Waals surface area contributed by atoms with Crippen LogP contribution in [0.15, 0.2) is 12.3 Å². The number of aryl methyl sites for hydroxylation is 1. The van der Waals surface area contributed by atoms with Crippen molar-refractivity contribution in [2.75, 3.05) is 20.2 Å². The minimum Gasteiger partial charge on any atom is -0.481 e. The van der Waals surface area contributed by atoms with Crippen LogP contribution in [-0.4, -0.2) is 30.1 Å². The fourth-order valence-electron chi connectivity index (χ4n) is 3.03. The van der Waals surface area contributed by atoms with E-state index in [-0.39, 0.29) is 0 Å². The molecule has 3 heteroatoms. The van der Waals surface area contributed by atoms with Crippen molar-refractivity contribution >= 4 is 0 Å². The summed E-state index contributed by atoms with van der Waals surface area (Å²) in [5.74, 6) is 1.43. The SMILES string of the molecule is COc1cc(C)c([C@H]2CCCCN2CC(C)C)cn1. The molecule has 106 valence electrons. The van der Waals surface area contributed by atoms with E-state index >= 15 is 0 Å². The topological polar surface area (TPSA) is 25.4 Å². The average Bonchev–Trinajstić information content (AvgIpc) is 2.39. The van der Waals surface area contributed by atoms with Crippen LogP contribution < -0.4 is 4.74 Å². The van der Waals surface area contributed by atoms with Crippen LogP contribution in [0, 0.1) is 12.8 Å². The summed E-state index contributed by atoms with van der Waals surface area (Å²) >= 11 is 0. The van der Waals surface area contributed by atoms with E-state index in [0.717, 1.165) is 0 Å². The molecule has 1 fully saturated rings. The number of methoxy groups -OCH3 is 1. The predicted molar refractivity (Wildman–Crippen MR) is 78.5 cm³/mol. The number of hydrogen-bond donors (Lipinski definition) is 0. The summed E-state index contributed by atoms with van der Waals surface area (Å²) in [6.45, 7) is 9.15. The molecule has 1 aliphatic heterocycles. The lowest BCUT2D eigenvalue weighted by molar-refractivity contribution is 0.131. The molecule has 2 heterocycles. The molecule has 1 aromatic rings. The standard InChI is InChI=1S/C16H26N2O/c1-12(2)11-18-8-6-5-7-15(18)14-10-17-16(19-4)9-13(14)3/h9-10,12,15H,5-8,11H2,1-4H3/t15-/m1/s1. The molecule has 0 bridgehead atoms. The Morgan fingerprint density at radius 2 is 2.21 bits per heavy atom. The van der Waals surface area contributed by atoms with E-state index in [1.54, 1.807) is 7.11 Å². The van der Waals surface area contributed by atoms with E-state index < -0.39 is 0 Å². The Balaban J connectivity index is 2.21. The molecule has 0 spiro atoms. The van der Waals surface area contributed by atoms with Crippen LogP contribution in [0.2, 0.25) is 0 Å². The van der Waals surface area contributed by atoms with E-state index in [1.165, 1.54) is 43.5 Å². The van der Waals surface area contributed by atoms with Gasteiger partial charge in [-0.25, -0.2) is 4.98 Å². The zero-order valence-electron chi connectivity index (χ0n) is 12.6. The van der Waals surface area contributed by atoms with Crippen molar-refractivity contribution in [1.29, 1.82) is 0 Å². The van der Waals surface area contributed by atoms with Crippen LogP contribution in [0.1, 0.15) is 50.3 Å². The smallest absolute Gasteiger partial charge is 0.213 e. The summed E-state index contributed by atoms with van der Waals surface area (Å²) in [7, 11) is 1.67. The molecule has 19 heavy (non-hydrogen) atoms. The van der Waals surface area contributed by atoms with Crippen LogP contribution >= 0.6 is 0 Å². The molecular formula is C16H26N2O. The van der Waals surface area contributed by atoms with E-state index in [0.29, 0.717) is 17.8 Å². The zero-order chi connectivity index (χ0) is 13.8. The van der Waals surface area contributed by atoms with Gasteiger partial charge in [-0.2, -0.15) is 0 Å². The highest BCUT2D eigenvalue weighted by Crippen LogP contribution is 2.33. The number of nitrogens with zero attached hydrogens (tertiary/aromatic N) is 2. The van der Waals surface area contributed by atoms with Crippen LogP contribution in [0.25, 0.3) is 0 Å². The fraction of sp³-hybridized carbons (Fsp3) is 0.688. The van der Waals surface area contributed by atoms with Gasteiger partial charge in [0.2, 0.25) is 5.88 Å². The van der Waals surface area contributed by atoms with Gasteiger partial charge in [-0.05, 0) is 43.4 Å². The quantitative estimate of drug-likeness (QED) is 0.829. The van der Waals surface area contributed by atoms with Gasteiger partial charge >= 0.3 is 0 Å². The Bertz CT molecular complexity index is 417. The highest BCUT2D eigenvalue weighted by atomic mass is 16.5. The molecule has 0 aromatic carbocycles. The molecule has 0 saturated carbocycles. The Kier molecular flexibility index (Phi) is 4.81. The molecule has 0 radical (unpaired) electrons. The number of aromatic nitrogens is 1. The van der Waals surface area contributed by atoms with Crippen LogP contribution in [0.3, 0.4) is 0 Å². The van der Waals surface area contributed by atoms with E-state index in [2.05, 4.69) is 36.7 Å². The second-order valence-corrected chi connectivity index (χ2v) is 5.98. The molecule has 0 amide bonds. The third-order valence-electron chi connectivity index (χ3n) is 3.91. The maximum Gasteiger partial charge on any atom is 0.213 e. The number of likely N-dealkylation sites (tertiary alicyclic amines) is 1. The Morgan fingerprint density at radius 3 is 2.84 bits per heavy atom. The van der Waals surface area contributed by atoms with Crippen molar-refractivity contribution in [1.82, 2.24) is 9.88 Å². The molecule has 0 N–H and O–H groups in total. The van der Waals surface area contributed by atoms with Crippen molar-refractivity contribution in [3.05, 3.63) is 23.4 Å². The fourth-order valence-corrected chi connectivity index (χ4v) is 3.03. The summed E-state index contributed by atoms with van der Waals surface area (Å²) in [5, 5.41) is 0. The summed E-state index contributed by atoms with van der Waals surface area (Å²) in [6.07, 6.45) is 5.91. The van der Waals surface area contributed by atoms with E-state index in [4.69, 9.17) is 4.74 Å². The summed E-state index contributed by atoms with van der Waals surface area (Å²) in [5.41, 5.74) is 2.67. The van der Waals surface area contributed by atoms with E-state index in [1.807, 2.05) is 6.20 Å². The zero-order valence-corrected chi connectivity index (χ0v) is 12.6. The molecule has 1 saturated heterocycles. The molecule has 0 aliphatic carbocycles. The number of pyridine rings is 1. The van der Waals surface area contributed by atoms with Gasteiger partial charge in [-0.3, -0.25) is 4.90 Å². The lowest BCUT2D eigenvalue weighted by atomic mass is 9.93. The van der Waals surface area contributed by atoms with Crippen molar-refractivity contribution in [2.45, 2.75) is 46.1 Å². The Hall–Kier alpha value is -1.09. The number of piperidine rings is 1. The molecule has 1 aromatic heterocycles. The normalized spacial score (nSPS) is 20.8. The van der Waals surface area contributed by atoms with Crippen molar-refractivity contribution in [2.24, 2.45) is 5.92 Å². The first-order chi connectivity index (χ1) is 9.11. The highest BCUT2D eigenvalue weighted by Gasteiger charge is 2.25. The van der Waals surface area contributed by atoms with Crippen molar-refractivity contribution in [3.63, 3.8) is 0 Å².